The largest absolute Gasteiger partial charge is 0.507 e. The van der Waals surface area contributed by atoms with Gasteiger partial charge in [-0.1, -0.05) is 31.2 Å². The molecule has 1 aliphatic rings. The summed E-state index contributed by atoms with van der Waals surface area (Å²) in [6.45, 7) is 1.72. The Balaban J connectivity index is 1.69. The summed E-state index contributed by atoms with van der Waals surface area (Å²) in [5.41, 5.74) is 0.912. The number of carbonyl (C=O) groups is 1. The van der Waals surface area contributed by atoms with Gasteiger partial charge in [0, 0.05) is 18.3 Å². The molecule has 0 fully saturated rings. The van der Waals surface area contributed by atoms with Gasteiger partial charge in [-0.3, -0.25) is 4.79 Å². The third-order valence-electron chi connectivity index (χ3n) is 4.86. The van der Waals surface area contributed by atoms with Crippen LogP contribution in [0, 0.1) is 5.95 Å². The Morgan fingerprint density at radius 1 is 1.06 bits per heavy atom. The Kier molecular flexibility index (Phi) is 5.06. The molecule has 168 valence electrons. The van der Waals surface area contributed by atoms with Crippen LogP contribution in [0.2, 0.25) is 0 Å². The predicted molar refractivity (Wildman–Crippen MR) is 104 cm³/mol. The molecule has 1 N–H and O–H groups in total. The van der Waals surface area contributed by atoms with Crippen LogP contribution < -0.4 is 14.8 Å². The number of rotatable bonds is 4. The van der Waals surface area contributed by atoms with Crippen LogP contribution in [-0.4, -0.2) is 27.9 Å². The molecule has 32 heavy (non-hydrogen) atoms. The lowest BCUT2D eigenvalue weighted by Crippen LogP contribution is -2.52. The van der Waals surface area contributed by atoms with Crippen LogP contribution in [0.5, 0.6) is 11.5 Å². The van der Waals surface area contributed by atoms with E-state index in [0.29, 0.717) is 12.0 Å². The Morgan fingerprint density at radius 3 is 2.41 bits per heavy atom. The number of carbonyl (C=O) groups excluding carboxylic acids is 1. The number of hydrogen-bond donors (Lipinski definition) is 1. The number of nitrogens with one attached hydrogen (secondary N) is 1. The number of halogens is 5. The lowest BCUT2D eigenvalue weighted by atomic mass is 10.0. The average Bonchev–Trinajstić information content (AvgIpc) is 3.02. The van der Waals surface area contributed by atoms with E-state index in [1.807, 2.05) is 0 Å². The number of nitrogens with zero attached hydrogens (tertiary/aromatic N) is 2. The Morgan fingerprint density at radius 2 is 1.72 bits per heavy atom. The maximum Gasteiger partial charge on any atom is 0.507 e. The van der Waals surface area contributed by atoms with E-state index >= 15 is 0 Å². The SMILES string of the molecule is CCc1nn(C)c(F)c1C(=O)Nc1ccccc1-c1ccc2c(c1)OC(F)(F)C(F)(F)O2. The first-order valence-corrected chi connectivity index (χ1v) is 9.44. The van der Waals surface area contributed by atoms with Gasteiger partial charge in [-0.25, -0.2) is 4.68 Å². The molecule has 1 aromatic heterocycles. The predicted octanol–water partition coefficient (Wildman–Crippen LogP) is 5.00. The monoisotopic (exact) mass is 453 g/mol. The molecule has 0 aliphatic carbocycles. The highest BCUT2D eigenvalue weighted by Gasteiger charge is 2.65. The van der Waals surface area contributed by atoms with Crippen LogP contribution in [0.15, 0.2) is 42.5 Å². The molecule has 4 rings (SSSR count). The lowest BCUT2D eigenvalue weighted by Gasteiger charge is -2.32. The van der Waals surface area contributed by atoms with Gasteiger partial charge in [0.15, 0.2) is 11.5 Å². The van der Waals surface area contributed by atoms with E-state index in [9.17, 15) is 26.7 Å². The van der Waals surface area contributed by atoms with Crippen molar-refractivity contribution in [3.63, 3.8) is 0 Å². The minimum absolute atomic E-state index is 0.214. The molecule has 1 aliphatic heterocycles. The fourth-order valence-corrected chi connectivity index (χ4v) is 3.29. The second-order valence-electron chi connectivity index (χ2n) is 6.99. The number of ether oxygens (including phenoxy) is 2. The third kappa shape index (κ3) is 3.53. The minimum atomic E-state index is -4.86. The number of anilines is 1. The average molecular weight is 453 g/mol. The quantitative estimate of drug-likeness (QED) is 0.565. The Hall–Kier alpha value is -3.63. The van der Waals surface area contributed by atoms with Gasteiger partial charge < -0.3 is 14.8 Å². The summed E-state index contributed by atoms with van der Waals surface area (Å²) in [6, 6.07) is 9.79. The zero-order valence-electron chi connectivity index (χ0n) is 16.8. The number of amides is 1. The topological polar surface area (TPSA) is 65.4 Å². The van der Waals surface area contributed by atoms with Crippen LogP contribution in [0.25, 0.3) is 11.1 Å². The third-order valence-corrected chi connectivity index (χ3v) is 4.86. The van der Waals surface area contributed by atoms with Crippen molar-refractivity contribution >= 4 is 11.6 Å². The van der Waals surface area contributed by atoms with Crippen molar-refractivity contribution in [1.29, 1.82) is 0 Å². The fraction of sp³-hybridized carbons (Fsp3) is 0.238. The van der Waals surface area contributed by atoms with Crippen molar-refractivity contribution in [3.8, 4) is 22.6 Å². The molecule has 0 spiro atoms. The second kappa shape index (κ2) is 7.50. The number of aromatic nitrogens is 2. The molecule has 0 saturated heterocycles. The van der Waals surface area contributed by atoms with E-state index in [1.165, 1.54) is 19.2 Å². The van der Waals surface area contributed by atoms with Gasteiger partial charge >= 0.3 is 12.2 Å². The fourth-order valence-electron chi connectivity index (χ4n) is 3.29. The van der Waals surface area contributed by atoms with Gasteiger partial charge in [0.25, 0.3) is 5.91 Å². The van der Waals surface area contributed by atoms with E-state index in [-0.39, 0.29) is 22.5 Å². The van der Waals surface area contributed by atoms with Gasteiger partial charge in [0.1, 0.15) is 5.56 Å². The van der Waals surface area contributed by atoms with Crippen molar-refractivity contribution < 1.29 is 36.2 Å². The van der Waals surface area contributed by atoms with Gasteiger partial charge in [-0.15, -0.1) is 0 Å². The van der Waals surface area contributed by atoms with E-state index in [2.05, 4.69) is 19.9 Å². The van der Waals surface area contributed by atoms with Crippen LogP contribution in [0.1, 0.15) is 23.0 Å². The summed E-state index contributed by atoms with van der Waals surface area (Å²) >= 11 is 0. The molecular formula is C21H16F5N3O3. The molecule has 0 radical (unpaired) electrons. The smallest absolute Gasteiger partial charge is 0.421 e. The summed E-state index contributed by atoms with van der Waals surface area (Å²) in [6.07, 6.45) is -9.36. The normalized spacial score (nSPS) is 16.0. The molecule has 0 atom stereocenters. The van der Waals surface area contributed by atoms with Crippen molar-refractivity contribution in [2.24, 2.45) is 7.05 Å². The van der Waals surface area contributed by atoms with Crippen LogP contribution in [-0.2, 0) is 13.5 Å². The van der Waals surface area contributed by atoms with Gasteiger partial charge in [0.05, 0.1) is 5.69 Å². The van der Waals surface area contributed by atoms with Crippen molar-refractivity contribution in [3.05, 3.63) is 59.7 Å². The number of alkyl halides is 4. The highest BCUT2D eigenvalue weighted by molar-refractivity contribution is 6.07. The van der Waals surface area contributed by atoms with Crippen LogP contribution >= 0.6 is 0 Å². The number of benzene rings is 2. The van der Waals surface area contributed by atoms with Crippen LogP contribution in [0.4, 0.5) is 27.6 Å². The Bertz CT molecular complexity index is 1210. The molecule has 3 aromatic rings. The Labute approximate surface area is 178 Å². The summed E-state index contributed by atoms with van der Waals surface area (Å²) < 4.78 is 77.4. The summed E-state index contributed by atoms with van der Waals surface area (Å²) in [5.74, 6) is -2.70. The maximum absolute atomic E-state index is 14.4. The van der Waals surface area contributed by atoms with Gasteiger partial charge in [-0.2, -0.15) is 27.1 Å². The van der Waals surface area contributed by atoms with Crippen molar-refractivity contribution in [2.45, 2.75) is 25.6 Å². The summed E-state index contributed by atoms with van der Waals surface area (Å²) in [4.78, 5) is 12.8. The first-order valence-electron chi connectivity index (χ1n) is 9.44. The van der Waals surface area contributed by atoms with Crippen LogP contribution in [0.3, 0.4) is 0 Å². The molecule has 6 nitrogen and oxygen atoms in total. The first kappa shape index (κ1) is 21.6. The van der Waals surface area contributed by atoms with Crippen molar-refractivity contribution in [2.75, 3.05) is 5.32 Å². The van der Waals surface area contributed by atoms with Gasteiger partial charge in [-0.05, 0) is 30.2 Å². The molecular weight excluding hydrogens is 437 g/mol. The lowest BCUT2D eigenvalue weighted by molar-refractivity contribution is -0.391. The van der Waals surface area contributed by atoms with Crippen molar-refractivity contribution in [1.82, 2.24) is 9.78 Å². The standard InChI is InChI=1S/C21H16F5N3O3/c1-3-13-17(18(22)29(2)28-13)19(30)27-14-7-5-4-6-12(14)11-8-9-15-16(10-11)32-21(25,26)20(23,24)31-15/h4-10H,3H2,1-2H3,(H,27,30). The molecule has 0 bridgehead atoms. The minimum Gasteiger partial charge on any atom is -0.421 e. The molecule has 1 amide bonds. The number of para-hydroxylation sites is 1. The molecule has 0 unspecified atom stereocenters. The molecule has 0 saturated carbocycles. The highest BCUT2D eigenvalue weighted by Crippen LogP contribution is 2.48. The van der Waals surface area contributed by atoms with E-state index in [1.54, 1.807) is 25.1 Å². The van der Waals surface area contributed by atoms with E-state index in [4.69, 9.17) is 0 Å². The zero-order valence-corrected chi connectivity index (χ0v) is 16.8. The summed E-state index contributed by atoms with van der Waals surface area (Å²) in [7, 11) is 1.37. The molecule has 2 aromatic carbocycles. The van der Waals surface area contributed by atoms with E-state index in [0.717, 1.165) is 16.8 Å². The first-order chi connectivity index (χ1) is 15.0. The van der Waals surface area contributed by atoms with Gasteiger partial charge in [0.2, 0.25) is 5.95 Å². The number of hydrogen-bond acceptors (Lipinski definition) is 4. The zero-order chi connectivity index (χ0) is 23.3. The maximum atomic E-state index is 14.4. The summed E-state index contributed by atoms with van der Waals surface area (Å²) in [5, 5.41) is 6.55. The number of fused-ring (bicyclic) bond motifs is 1. The number of aryl methyl sites for hydroxylation is 2. The van der Waals surface area contributed by atoms with E-state index < -0.39 is 35.6 Å². The molecule has 11 heteroatoms. The molecule has 2 heterocycles. The second-order valence-corrected chi connectivity index (χ2v) is 6.99. The highest BCUT2D eigenvalue weighted by atomic mass is 19.3.